The van der Waals surface area contributed by atoms with Crippen molar-refractivity contribution in [3.63, 3.8) is 0 Å². The number of allylic oxidation sites excluding steroid dienone is 2. The van der Waals surface area contributed by atoms with Gasteiger partial charge < -0.3 is 4.74 Å². The summed E-state index contributed by atoms with van der Waals surface area (Å²) in [7, 11) is 0. The average Bonchev–Trinajstić information content (AvgIpc) is 2.83. The SMILES string of the molecule is C=CCOc1ccc(-c2ccc(C3CCC4CC(CC/C=C/C)CCC4C3)c(F)c2)cc1F. The van der Waals surface area contributed by atoms with Crippen LogP contribution in [0.3, 0.4) is 0 Å². The average molecular weight is 451 g/mol. The van der Waals surface area contributed by atoms with E-state index in [0.717, 1.165) is 36.2 Å². The standard InChI is InChI=1S/C30H36F2O/c1-3-5-6-7-21-8-9-23-18-26(11-10-22(23)17-21)27-14-12-24(19-28(27)31)25-13-15-30(29(32)20-25)33-16-4-2/h3-5,12-15,19-23,26H,2,6-11,16-18H2,1H3/b5-3+. The first-order valence-electron chi connectivity index (χ1n) is 12.5. The van der Waals surface area contributed by atoms with Gasteiger partial charge in [-0.15, -0.1) is 0 Å². The Kier molecular flexibility index (Phi) is 8.01. The molecule has 0 bridgehead atoms. The van der Waals surface area contributed by atoms with Crippen LogP contribution in [0.15, 0.2) is 61.2 Å². The highest BCUT2D eigenvalue weighted by Gasteiger charge is 2.36. The molecular weight excluding hydrogens is 414 g/mol. The van der Waals surface area contributed by atoms with Crippen molar-refractivity contribution in [1.82, 2.24) is 0 Å². The summed E-state index contributed by atoms with van der Waals surface area (Å²) in [6.07, 6.45) is 15.9. The highest BCUT2D eigenvalue weighted by molar-refractivity contribution is 5.65. The van der Waals surface area contributed by atoms with Gasteiger partial charge in [-0.25, -0.2) is 8.78 Å². The molecule has 2 fully saturated rings. The zero-order valence-corrected chi connectivity index (χ0v) is 19.7. The van der Waals surface area contributed by atoms with Gasteiger partial charge in [0.2, 0.25) is 0 Å². The first-order valence-corrected chi connectivity index (χ1v) is 12.5. The Bertz CT molecular complexity index is 979. The molecule has 33 heavy (non-hydrogen) atoms. The lowest BCUT2D eigenvalue weighted by Crippen LogP contribution is -2.30. The molecule has 0 aromatic heterocycles. The predicted octanol–water partition coefficient (Wildman–Crippen LogP) is 8.85. The summed E-state index contributed by atoms with van der Waals surface area (Å²) in [6.45, 7) is 5.92. The van der Waals surface area contributed by atoms with Crippen LogP contribution in [0.4, 0.5) is 8.78 Å². The molecule has 0 aliphatic heterocycles. The van der Waals surface area contributed by atoms with E-state index >= 15 is 4.39 Å². The van der Waals surface area contributed by atoms with E-state index in [0.29, 0.717) is 17.0 Å². The zero-order chi connectivity index (χ0) is 23.2. The van der Waals surface area contributed by atoms with Gasteiger partial charge in [0, 0.05) is 0 Å². The van der Waals surface area contributed by atoms with Gasteiger partial charge >= 0.3 is 0 Å². The number of benzene rings is 2. The van der Waals surface area contributed by atoms with Gasteiger partial charge in [0.1, 0.15) is 12.4 Å². The third-order valence-corrected chi connectivity index (χ3v) is 7.76. The van der Waals surface area contributed by atoms with Crippen LogP contribution in [0, 0.1) is 29.4 Å². The van der Waals surface area contributed by atoms with Crippen molar-refractivity contribution in [2.75, 3.05) is 6.61 Å². The summed E-state index contributed by atoms with van der Waals surface area (Å²) < 4.78 is 34.8. The van der Waals surface area contributed by atoms with Crippen LogP contribution in [0.1, 0.15) is 69.8 Å². The van der Waals surface area contributed by atoms with Gasteiger partial charge in [-0.3, -0.25) is 0 Å². The summed E-state index contributed by atoms with van der Waals surface area (Å²) in [5.41, 5.74) is 2.18. The lowest BCUT2D eigenvalue weighted by Gasteiger charge is -2.42. The molecule has 2 aliphatic rings. The Labute approximate surface area is 197 Å². The maximum atomic E-state index is 15.2. The van der Waals surface area contributed by atoms with E-state index in [1.807, 2.05) is 12.1 Å². The van der Waals surface area contributed by atoms with Gasteiger partial charge in [-0.2, -0.15) is 0 Å². The minimum Gasteiger partial charge on any atom is -0.486 e. The first kappa shape index (κ1) is 23.7. The minimum atomic E-state index is -0.446. The van der Waals surface area contributed by atoms with Crippen molar-refractivity contribution in [2.45, 2.75) is 64.2 Å². The summed E-state index contributed by atoms with van der Waals surface area (Å²) in [4.78, 5) is 0. The molecule has 0 saturated heterocycles. The summed E-state index contributed by atoms with van der Waals surface area (Å²) in [6, 6.07) is 10.2. The van der Waals surface area contributed by atoms with E-state index in [4.69, 9.17) is 4.74 Å². The van der Waals surface area contributed by atoms with Crippen LogP contribution in [0.5, 0.6) is 5.75 Å². The lowest BCUT2D eigenvalue weighted by atomic mass is 9.63. The van der Waals surface area contributed by atoms with Gasteiger partial charge in [-0.05, 0) is 110 Å². The number of halogens is 2. The predicted molar refractivity (Wildman–Crippen MR) is 132 cm³/mol. The van der Waals surface area contributed by atoms with Crippen molar-refractivity contribution in [3.05, 3.63) is 78.4 Å². The molecule has 2 aromatic carbocycles. The molecule has 2 aliphatic carbocycles. The lowest BCUT2D eigenvalue weighted by molar-refractivity contribution is 0.114. The Hall–Kier alpha value is -2.42. The van der Waals surface area contributed by atoms with Crippen LogP contribution < -0.4 is 4.74 Å². The van der Waals surface area contributed by atoms with Crippen LogP contribution in [-0.2, 0) is 0 Å². The van der Waals surface area contributed by atoms with Crippen LogP contribution in [0.2, 0.25) is 0 Å². The summed E-state index contributed by atoms with van der Waals surface area (Å²) in [5, 5.41) is 0. The molecule has 3 heteroatoms. The second kappa shape index (κ2) is 11.1. The molecule has 4 atom stereocenters. The van der Waals surface area contributed by atoms with E-state index in [1.54, 1.807) is 24.3 Å². The molecule has 0 N–H and O–H groups in total. The molecule has 0 heterocycles. The van der Waals surface area contributed by atoms with Crippen molar-refractivity contribution in [2.24, 2.45) is 17.8 Å². The number of rotatable bonds is 8. The second-order valence-corrected chi connectivity index (χ2v) is 9.84. The Morgan fingerprint density at radius 3 is 2.39 bits per heavy atom. The van der Waals surface area contributed by atoms with Gasteiger partial charge in [0.25, 0.3) is 0 Å². The molecule has 176 valence electrons. The van der Waals surface area contributed by atoms with Crippen molar-refractivity contribution >= 4 is 0 Å². The van der Waals surface area contributed by atoms with E-state index < -0.39 is 5.82 Å². The molecule has 4 rings (SSSR count). The third kappa shape index (κ3) is 5.75. The molecule has 4 unspecified atom stereocenters. The van der Waals surface area contributed by atoms with E-state index in [-0.39, 0.29) is 18.2 Å². The van der Waals surface area contributed by atoms with Crippen LogP contribution in [-0.4, -0.2) is 6.61 Å². The zero-order valence-electron chi connectivity index (χ0n) is 19.7. The fourth-order valence-corrected chi connectivity index (χ4v) is 6.01. The first-order chi connectivity index (χ1) is 16.1. The third-order valence-electron chi connectivity index (χ3n) is 7.76. The van der Waals surface area contributed by atoms with Crippen LogP contribution >= 0.6 is 0 Å². The second-order valence-electron chi connectivity index (χ2n) is 9.84. The molecule has 2 saturated carbocycles. The Morgan fingerprint density at radius 1 is 0.939 bits per heavy atom. The molecule has 1 nitrogen and oxygen atoms in total. The highest BCUT2D eigenvalue weighted by atomic mass is 19.1. The number of hydrogen-bond donors (Lipinski definition) is 0. The maximum Gasteiger partial charge on any atom is 0.165 e. The van der Waals surface area contributed by atoms with E-state index in [1.165, 1.54) is 44.6 Å². The normalized spacial score (nSPS) is 25.1. The molecule has 0 radical (unpaired) electrons. The molecule has 0 amide bonds. The largest absolute Gasteiger partial charge is 0.486 e. The molecule has 0 spiro atoms. The summed E-state index contributed by atoms with van der Waals surface area (Å²) in [5.74, 6) is 2.29. The monoisotopic (exact) mass is 450 g/mol. The van der Waals surface area contributed by atoms with Crippen LogP contribution in [0.25, 0.3) is 11.1 Å². The highest BCUT2D eigenvalue weighted by Crippen LogP contribution is 2.49. The number of ether oxygens (including phenoxy) is 1. The van der Waals surface area contributed by atoms with E-state index in [9.17, 15) is 4.39 Å². The Morgan fingerprint density at radius 2 is 1.67 bits per heavy atom. The number of hydrogen-bond acceptors (Lipinski definition) is 1. The smallest absolute Gasteiger partial charge is 0.165 e. The van der Waals surface area contributed by atoms with Crippen molar-refractivity contribution < 1.29 is 13.5 Å². The fourth-order valence-electron chi connectivity index (χ4n) is 6.01. The minimum absolute atomic E-state index is 0.164. The molecule has 2 aromatic rings. The van der Waals surface area contributed by atoms with Gasteiger partial charge in [0.05, 0.1) is 0 Å². The number of fused-ring (bicyclic) bond motifs is 1. The maximum absolute atomic E-state index is 15.2. The van der Waals surface area contributed by atoms with Crippen molar-refractivity contribution in [1.29, 1.82) is 0 Å². The van der Waals surface area contributed by atoms with E-state index in [2.05, 4.69) is 25.7 Å². The summed E-state index contributed by atoms with van der Waals surface area (Å²) >= 11 is 0. The molecular formula is C30H36F2O. The quantitative estimate of drug-likeness (QED) is 0.365. The Balaban J connectivity index is 1.40. The topological polar surface area (TPSA) is 9.23 Å². The van der Waals surface area contributed by atoms with Gasteiger partial charge in [0.15, 0.2) is 11.6 Å². The van der Waals surface area contributed by atoms with Crippen molar-refractivity contribution in [3.8, 4) is 16.9 Å². The fraction of sp³-hybridized carbons (Fsp3) is 0.467. The van der Waals surface area contributed by atoms with Gasteiger partial charge in [-0.1, -0.05) is 49.4 Å².